The molecule has 3 aliphatic rings. The first kappa shape index (κ1) is 113. The van der Waals surface area contributed by atoms with Crippen LogP contribution in [-0.4, -0.2) is 132 Å². The maximum Gasteiger partial charge on any atom is 0.446 e. The minimum absolute atomic E-state index is 0. The predicted molar refractivity (Wildman–Crippen MR) is 537 cm³/mol. The second kappa shape index (κ2) is 49.4. The summed E-state index contributed by atoms with van der Waals surface area (Å²) in [6, 6.07) is 36.6. The van der Waals surface area contributed by atoms with Gasteiger partial charge in [0.05, 0.1) is 56.7 Å². The Labute approximate surface area is 824 Å². The average Bonchev–Trinajstić information content (AvgIpc) is 1.44. The monoisotopic (exact) mass is 2000 g/mol. The summed E-state index contributed by atoms with van der Waals surface area (Å²) < 4.78 is 56.1. The number of alkyl halides is 5. The molecule has 0 unspecified atom stereocenters. The summed E-state index contributed by atoms with van der Waals surface area (Å²) in [6.45, 7) is 31.9. The molecule has 12 N–H and O–H groups in total. The third-order valence-electron chi connectivity index (χ3n) is 22.3. The number of aryl methyl sites for hydroxylation is 3. The van der Waals surface area contributed by atoms with E-state index in [1.54, 1.807) is 90.1 Å². The number of aldehydes is 1. The maximum absolute atomic E-state index is 13.6. The zero-order valence-electron chi connectivity index (χ0n) is 77.7. The molecule has 0 saturated carbocycles. The highest BCUT2D eigenvalue weighted by atomic mass is 35.5. The van der Waals surface area contributed by atoms with Gasteiger partial charge in [-0.25, -0.2) is 29.3 Å². The molecule has 3 aliphatic carbocycles. The molecule has 744 valence electrons. The van der Waals surface area contributed by atoms with E-state index in [1.807, 2.05) is 42.5 Å². The number of benzene rings is 3. The molecule has 9 aromatic heterocycles. The van der Waals surface area contributed by atoms with Gasteiger partial charge in [-0.15, -0.1) is 57.2 Å². The fourth-order valence-corrected chi connectivity index (χ4v) is 18.0. The summed E-state index contributed by atoms with van der Waals surface area (Å²) in [5.41, 5.74) is 22.7. The van der Waals surface area contributed by atoms with Gasteiger partial charge in [0.2, 0.25) is 23.6 Å². The van der Waals surface area contributed by atoms with Gasteiger partial charge in [-0.3, -0.25) is 28.8 Å². The number of fused-ring (bicyclic) bond motifs is 6. The highest BCUT2D eigenvalue weighted by Crippen LogP contribution is 2.43. The number of nitrogen functional groups attached to an aromatic ring is 1. The van der Waals surface area contributed by atoms with Crippen LogP contribution in [-0.2, 0) is 52.8 Å². The average molecular weight is 2000 g/mol. The summed E-state index contributed by atoms with van der Waals surface area (Å²) >= 11 is 13.7. The molecule has 12 aromatic rings. The second-order valence-corrected chi connectivity index (χ2v) is 41.7. The van der Waals surface area contributed by atoms with Gasteiger partial charge in [0.25, 0.3) is 29.5 Å². The van der Waals surface area contributed by atoms with Gasteiger partial charge in [0.15, 0.2) is 0 Å². The topological polar surface area (TPSA) is 445 Å². The van der Waals surface area contributed by atoms with Crippen LogP contribution >= 0.6 is 57.2 Å². The molecule has 0 spiro atoms. The number of aromatic nitrogens is 6. The quantitative estimate of drug-likeness (QED) is 0.0204. The molecular formula is C100H126Cl2F3N15O15S3. The van der Waals surface area contributed by atoms with Gasteiger partial charge >= 0.3 is 24.3 Å². The second-order valence-electron chi connectivity index (χ2n) is 37.8. The Morgan fingerprint density at radius 2 is 0.783 bits per heavy atom. The molecule has 0 radical (unpaired) electrons. The third-order valence-corrected chi connectivity index (χ3v) is 25.5. The standard InChI is InChI=1S/C33H39N5O5S.C29H38N4O3S.C28H31N5O3S.C4H3NO3.C2HF3O.CH2Cl2.3CH4/c1-32(2,3)22-10-11-24-20(15-22)14-21-17-27(44-30(21)38-24)29(40)37-25(18-34-31(41)42-33(4,5)6)19-8-7-9-23(16-19)36-28(39)26-12-13-35-43-26;1-28(2,3)20-10-11-22-18(13-20)12-19-15-24(37-26(19)33-22)25(34)32-23(17-8-7-9-21(30)14-17)16-31-27(35)36-29(4,5)6;1-28(2,3)19-7-8-21-17(12-19)11-18-14-24(37-27(18)33-21)26(35)32-22(15-29)16-5-4-6-20(13-16)31-25(34)23-9-10-30-36-23;6-4(7)3-1-2-5-8-3;3-2(4,5)1-6;2-1-3;;;/h7-9,12-14,16-17,22,25H,10-11,15,18H2,1-6H3,(H,34,41)(H,36,39)(H,37,40);7-9,12,14-15,20,23H,10-11,13,16,30H2,1-6H3,(H,31,35)(H,32,34);4-6,9-11,13-14,19,22H,7-8,12,15,29H2,1-3H3,(H,31,34)(H,32,35);1-2H,(H,6,7);1H;1H2;3*1H4/t22-,25-;20-,23-;19-,22-;;;;;;/m111....../s1. The lowest BCUT2D eigenvalue weighted by Crippen LogP contribution is -2.40. The van der Waals surface area contributed by atoms with Crippen LogP contribution in [0.15, 0.2) is 160 Å². The molecule has 0 saturated heterocycles. The van der Waals surface area contributed by atoms with E-state index in [0.29, 0.717) is 55.0 Å². The SMILES string of the molecule is C.C.C.CC(C)(C)OC(=O)NC[C@@H](NC(=O)c1cc2cc3c(nc2s1)CC[C@@H](C(C)(C)C)C3)c1cccc(N)c1.CC(C)(C)OC(=O)NC[C@@H](NC(=O)c1cc2cc3c(nc2s1)CC[C@@H](C(C)(C)C)C3)c1cccc(NC(=O)c2ccno2)c1.CC(C)(C)[C@@H]1CCc2nc3sc(C(=O)N[C@H](CN)c4cccc(NC(=O)c5ccno5)c4)cc3cc2C1.ClCCl.O=C(O)c1ccno1.O=CC(F)(F)F. The van der Waals surface area contributed by atoms with Gasteiger partial charge in [-0.1, -0.05) is 136 Å². The van der Waals surface area contributed by atoms with Gasteiger partial charge in [-0.05, 0) is 240 Å². The lowest BCUT2D eigenvalue weighted by atomic mass is 9.71. The van der Waals surface area contributed by atoms with Gasteiger partial charge in [-0.2, -0.15) is 13.2 Å². The van der Waals surface area contributed by atoms with Crippen LogP contribution in [0.25, 0.3) is 30.6 Å². The molecule has 0 fully saturated rings. The van der Waals surface area contributed by atoms with Crippen molar-refractivity contribution in [2.24, 2.45) is 39.7 Å². The van der Waals surface area contributed by atoms with Crippen LogP contribution in [0.5, 0.6) is 0 Å². The van der Waals surface area contributed by atoms with Crippen molar-refractivity contribution in [1.82, 2.24) is 57.0 Å². The molecule has 3 aromatic carbocycles. The normalized spacial score (nSPS) is 15.0. The number of carbonyl (C=O) groups excluding carboxylic acids is 8. The lowest BCUT2D eigenvalue weighted by Gasteiger charge is -2.34. The van der Waals surface area contributed by atoms with Crippen molar-refractivity contribution in [3.8, 4) is 0 Å². The summed E-state index contributed by atoms with van der Waals surface area (Å²) in [6.07, 6.45) is 6.55. The minimum Gasteiger partial charge on any atom is -0.475 e. The molecule has 138 heavy (non-hydrogen) atoms. The number of halogens is 5. The number of carboxylic acids is 1. The number of amides is 7. The molecule has 0 bridgehead atoms. The summed E-state index contributed by atoms with van der Waals surface area (Å²) in [5.74, 6) is -0.766. The van der Waals surface area contributed by atoms with E-state index in [4.69, 9.17) is 78.0 Å². The maximum atomic E-state index is 13.6. The van der Waals surface area contributed by atoms with E-state index in [1.165, 1.54) is 87.5 Å². The number of anilines is 3. The van der Waals surface area contributed by atoms with Crippen molar-refractivity contribution in [3.63, 3.8) is 0 Å². The molecule has 9 heterocycles. The van der Waals surface area contributed by atoms with Gasteiger partial charge in [0.1, 0.15) is 25.7 Å². The molecule has 7 amide bonds. The number of alkyl carbamates (subject to hydrolysis) is 2. The van der Waals surface area contributed by atoms with E-state index < -0.39 is 71.8 Å². The van der Waals surface area contributed by atoms with Crippen LogP contribution in [0, 0.1) is 34.0 Å². The van der Waals surface area contributed by atoms with Crippen molar-refractivity contribution >= 4 is 159 Å². The molecule has 30 nitrogen and oxygen atoms in total. The number of aromatic carboxylic acids is 1. The predicted octanol–water partition coefficient (Wildman–Crippen LogP) is 22.3. The Bertz CT molecular complexity index is 6110. The molecule has 0 aliphatic heterocycles. The lowest BCUT2D eigenvalue weighted by molar-refractivity contribution is -0.156. The van der Waals surface area contributed by atoms with Crippen LogP contribution < -0.4 is 48.7 Å². The Hall–Kier alpha value is -12.2. The smallest absolute Gasteiger partial charge is 0.446 e. The van der Waals surface area contributed by atoms with Crippen molar-refractivity contribution in [1.29, 1.82) is 0 Å². The number of nitrogens with one attached hydrogen (secondary N) is 7. The highest BCUT2D eigenvalue weighted by Gasteiger charge is 2.35. The first-order valence-electron chi connectivity index (χ1n) is 43.6. The van der Waals surface area contributed by atoms with E-state index >= 15 is 0 Å². The Morgan fingerprint density at radius 3 is 1.07 bits per heavy atom. The fraction of sp³-hybridized carbons (Fsp3) is 0.430. The largest absolute Gasteiger partial charge is 0.475 e. The number of carbonyl (C=O) groups is 9. The zero-order valence-corrected chi connectivity index (χ0v) is 81.7. The van der Waals surface area contributed by atoms with Gasteiger partial charge in [0, 0.05) is 88.1 Å². The molecule has 38 heteroatoms. The number of ether oxygens (including phenoxy) is 2. The Kier molecular flexibility index (Phi) is 40.3. The van der Waals surface area contributed by atoms with Crippen molar-refractivity contribution in [2.45, 2.75) is 219 Å². The van der Waals surface area contributed by atoms with Crippen molar-refractivity contribution in [3.05, 3.63) is 228 Å². The van der Waals surface area contributed by atoms with Crippen molar-refractivity contribution in [2.75, 3.05) is 41.3 Å². The number of nitrogens with zero attached hydrogens (tertiary/aromatic N) is 6. The van der Waals surface area contributed by atoms with E-state index in [9.17, 15) is 51.5 Å². The Morgan fingerprint density at radius 1 is 0.471 bits per heavy atom. The summed E-state index contributed by atoms with van der Waals surface area (Å²) in [7, 11) is 0. The van der Waals surface area contributed by atoms with E-state index in [0.717, 1.165) is 117 Å². The van der Waals surface area contributed by atoms with E-state index in [-0.39, 0.29) is 98.5 Å². The Balaban J connectivity index is 0.000000257. The van der Waals surface area contributed by atoms with Crippen molar-refractivity contribution < 1.29 is 84.5 Å². The van der Waals surface area contributed by atoms with Crippen LogP contribution in [0.4, 0.5) is 39.8 Å². The van der Waals surface area contributed by atoms with Crippen LogP contribution in [0.3, 0.4) is 0 Å². The number of pyridine rings is 3. The highest BCUT2D eigenvalue weighted by molar-refractivity contribution is 7.21. The summed E-state index contributed by atoms with van der Waals surface area (Å²) in [4.78, 5) is 128. The first-order valence-corrected chi connectivity index (χ1v) is 47.2. The number of carboxylic acid groups (broad SMARTS) is 1. The van der Waals surface area contributed by atoms with E-state index in [2.05, 4.69) is 138 Å². The fourth-order valence-electron chi connectivity index (χ4n) is 15.2. The molecular weight excluding hydrogens is 1880 g/mol. The number of nitrogens with two attached hydrogens (primary N) is 2. The van der Waals surface area contributed by atoms with Crippen LogP contribution in [0.1, 0.15) is 275 Å². The number of hydrogen-bond donors (Lipinski definition) is 10. The number of hydrogen-bond acceptors (Lipinski definition) is 25. The number of thiophene rings is 3. The zero-order chi connectivity index (χ0) is 98.7. The summed E-state index contributed by atoms with van der Waals surface area (Å²) in [5, 5.41) is 41.9. The minimum atomic E-state index is -4.64. The van der Waals surface area contributed by atoms with Gasteiger partial charge < -0.3 is 76.8 Å². The molecule has 15 rings (SSSR count). The molecule has 6 atom stereocenters. The number of rotatable bonds is 19. The van der Waals surface area contributed by atoms with Crippen LogP contribution in [0.2, 0.25) is 0 Å². The third kappa shape index (κ3) is 33.3. The first-order chi connectivity index (χ1) is 63.5.